The van der Waals surface area contributed by atoms with Crippen molar-refractivity contribution in [3.05, 3.63) is 41.7 Å². The molecule has 0 saturated heterocycles. The minimum absolute atomic E-state index is 0.135. The number of rotatable bonds is 3. The van der Waals surface area contributed by atoms with Gasteiger partial charge in [0.25, 0.3) is 5.91 Å². The van der Waals surface area contributed by atoms with E-state index in [0.717, 1.165) is 11.3 Å². The summed E-state index contributed by atoms with van der Waals surface area (Å²) in [5.41, 5.74) is 8.65. The van der Waals surface area contributed by atoms with Crippen molar-refractivity contribution in [1.29, 1.82) is 0 Å². The molecule has 0 saturated carbocycles. The van der Waals surface area contributed by atoms with Crippen LogP contribution in [0, 0.1) is 6.92 Å². The first-order chi connectivity index (χ1) is 9.04. The zero-order chi connectivity index (χ0) is 14.0. The monoisotopic (exact) mass is 258 g/mol. The minimum Gasteiger partial charge on any atom is -0.396 e. The maximum Gasteiger partial charge on any atom is 0.278 e. The van der Waals surface area contributed by atoms with E-state index in [-0.39, 0.29) is 5.91 Å². The Hall–Kier alpha value is -2.30. The SMILES string of the molecule is CCN(C(=O)c1c(N)cnn1C)c1ccc(C)cc1. The summed E-state index contributed by atoms with van der Waals surface area (Å²) in [6.45, 7) is 4.53. The topological polar surface area (TPSA) is 64.2 Å². The van der Waals surface area contributed by atoms with Crippen LogP contribution in [0.1, 0.15) is 23.0 Å². The first kappa shape index (κ1) is 13.1. The molecule has 0 radical (unpaired) electrons. The summed E-state index contributed by atoms with van der Waals surface area (Å²) in [5, 5.41) is 4.01. The number of amides is 1. The van der Waals surface area contributed by atoms with Gasteiger partial charge in [0.1, 0.15) is 5.69 Å². The van der Waals surface area contributed by atoms with Gasteiger partial charge in [0.2, 0.25) is 0 Å². The number of benzene rings is 1. The number of carbonyl (C=O) groups is 1. The molecule has 2 N–H and O–H groups in total. The standard InChI is InChI=1S/C14H18N4O/c1-4-18(11-7-5-10(2)6-8-11)14(19)13-12(15)9-16-17(13)3/h5-9H,4,15H2,1-3H3. The van der Waals surface area contributed by atoms with Crippen LogP contribution in [0.3, 0.4) is 0 Å². The third-order valence-corrected chi connectivity index (χ3v) is 3.08. The van der Waals surface area contributed by atoms with Crippen LogP contribution in [0.25, 0.3) is 0 Å². The van der Waals surface area contributed by atoms with Crippen LogP contribution in [0.4, 0.5) is 11.4 Å². The van der Waals surface area contributed by atoms with Crippen LogP contribution in [0.2, 0.25) is 0 Å². The van der Waals surface area contributed by atoms with Gasteiger partial charge in [-0.25, -0.2) is 0 Å². The highest BCUT2D eigenvalue weighted by Gasteiger charge is 2.21. The lowest BCUT2D eigenvalue weighted by Crippen LogP contribution is -2.32. The van der Waals surface area contributed by atoms with Gasteiger partial charge in [-0.15, -0.1) is 0 Å². The Morgan fingerprint density at radius 3 is 2.47 bits per heavy atom. The van der Waals surface area contributed by atoms with Crippen molar-refractivity contribution < 1.29 is 4.79 Å². The molecule has 0 aliphatic heterocycles. The Bertz CT molecular complexity index is 566. The van der Waals surface area contributed by atoms with Crippen LogP contribution in [0.5, 0.6) is 0 Å². The summed E-state index contributed by atoms with van der Waals surface area (Å²) < 4.78 is 1.51. The molecule has 0 aliphatic rings. The summed E-state index contributed by atoms with van der Waals surface area (Å²) in [7, 11) is 1.71. The van der Waals surface area contributed by atoms with E-state index in [1.54, 1.807) is 11.9 Å². The Morgan fingerprint density at radius 1 is 1.37 bits per heavy atom. The van der Waals surface area contributed by atoms with E-state index >= 15 is 0 Å². The molecule has 0 aliphatic carbocycles. The van der Waals surface area contributed by atoms with Crippen molar-refractivity contribution in [1.82, 2.24) is 9.78 Å². The molecule has 1 aromatic carbocycles. The van der Waals surface area contributed by atoms with Crippen molar-refractivity contribution in [3.63, 3.8) is 0 Å². The number of hydrogen-bond donors (Lipinski definition) is 1. The zero-order valence-electron chi connectivity index (χ0n) is 11.4. The second-order valence-corrected chi connectivity index (χ2v) is 4.46. The maximum atomic E-state index is 12.5. The Morgan fingerprint density at radius 2 is 2.00 bits per heavy atom. The second kappa shape index (κ2) is 5.14. The van der Waals surface area contributed by atoms with Gasteiger partial charge < -0.3 is 10.6 Å². The number of hydrogen-bond acceptors (Lipinski definition) is 3. The van der Waals surface area contributed by atoms with Gasteiger partial charge in [0, 0.05) is 19.3 Å². The molecule has 0 unspecified atom stereocenters. The first-order valence-electron chi connectivity index (χ1n) is 6.20. The summed E-state index contributed by atoms with van der Waals surface area (Å²) in [5.74, 6) is -0.135. The molecule has 5 nitrogen and oxygen atoms in total. The smallest absolute Gasteiger partial charge is 0.278 e. The van der Waals surface area contributed by atoms with E-state index in [9.17, 15) is 4.79 Å². The number of aryl methyl sites for hydroxylation is 2. The molecule has 2 aromatic rings. The fourth-order valence-electron chi connectivity index (χ4n) is 2.01. The lowest BCUT2D eigenvalue weighted by atomic mass is 10.2. The van der Waals surface area contributed by atoms with E-state index in [2.05, 4.69) is 5.10 Å². The maximum absolute atomic E-state index is 12.5. The molecular weight excluding hydrogens is 240 g/mol. The summed E-state index contributed by atoms with van der Waals surface area (Å²) >= 11 is 0. The number of carbonyl (C=O) groups excluding carboxylic acids is 1. The van der Waals surface area contributed by atoms with Crippen molar-refractivity contribution in [2.75, 3.05) is 17.2 Å². The number of nitrogen functional groups attached to an aromatic ring is 1. The normalized spacial score (nSPS) is 10.5. The molecule has 2 rings (SSSR count). The summed E-state index contributed by atoms with van der Waals surface area (Å²) in [6, 6.07) is 7.84. The molecule has 0 atom stereocenters. The average Bonchev–Trinajstić information content (AvgIpc) is 2.72. The highest BCUT2D eigenvalue weighted by atomic mass is 16.2. The molecule has 100 valence electrons. The second-order valence-electron chi connectivity index (χ2n) is 4.46. The number of anilines is 2. The van der Waals surface area contributed by atoms with Gasteiger partial charge in [-0.2, -0.15) is 5.10 Å². The van der Waals surface area contributed by atoms with Crippen molar-refractivity contribution >= 4 is 17.3 Å². The lowest BCUT2D eigenvalue weighted by Gasteiger charge is -2.21. The van der Waals surface area contributed by atoms with Crippen LogP contribution >= 0.6 is 0 Å². The van der Waals surface area contributed by atoms with E-state index in [1.165, 1.54) is 10.9 Å². The quantitative estimate of drug-likeness (QED) is 0.915. The van der Waals surface area contributed by atoms with Crippen molar-refractivity contribution in [2.24, 2.45) is 7.05 Å². The number of aromatic nitrogens is 2. The zero-order valence-corrected chi connectivity index (χ0v) is 11.4. The fourth-order valence-corrected chi connectivity index (χ4v) is 2.01. The highest BCUT2D eigenvalue weighted by molar-refractivity contribution is 6.08. The predicted octanol–water partition coefficient (Wildman–Crippen LogP) is 1.98. The Labute approximate surface area is 112 Å². The van der Waals surface area contributed by atoms with E-state index in [1.807, 2.05) is 38.1 Å². The van der Waals surface area contributed by atoms with Gasteiger partial charge in [-0.3, -0.25) is 9.48 Å². The molecule has 1 amide bonds. The van der Waals surface area contributed by atoms with E-state index in [0.29, 0.717) is 17.9 Å². The van der Waals surface area contributed by atoms with Crippen LogP contribution in [-0.4, -0.2) is 22.2 Å². The van der Waals surface area contributed by atoms with E-state index < -0.39 is 0 Å². The summed E-state index contributed by atoms with van der Waals surface area (Å²) in [4.78, 5) is 14.2. The molecule has 5 heteroatoms. The molecule has 0 spiro atoms. The molecule has 1 aromatic heterocycles. The third kappa shape index (κ3) is 2.45. The fraction of sp³-hybridized carbons (Fsp3) is 0.286. The van der Waals surface area contributed by atoms with Crippen molar-refractivity contribution in [3.8, 4) is 0 Å². The summed E-state index contributed by atoms with van der Waals surface area (Å²) in [6.07, 6.45) is 1.50. The van der Waals surface area contributed by atoms with Gasteiger partial charge >= 0.3 is 0 Å². The molecular formula is C14H18N4O. The van der Waals surface area contributed by atoms with Crippen LogP contribution in [0.15, 0.2) is 30.5 Å². The van der Waals surface area contributed by atoms with Crippen molar-refractivity contribution in [2.45, 2.75) is 13.8 Å². The minimum atomic E-state index is -0.135. The molecule has 19 heavy (non-hydrogen) atoms. The number of nitrogens with two attached hydrogens (primary N) is 1. The van der Waals surface area contributed by atoms with Gasteiger partial charge in [0.05, 0.1) is 11.9 Å². The van der Waals surface area contributed by atoms with Gasteiger partial charge in [-0.1, -0.05) is 17.7 Å². The number of nitrogens with zero attached hydrogens (tertiary/aromatic N) is 3. The van der Waals surface area contributed by atoms with Crippen LogP contribution < -0.4 is 10.6 Å². The molecule has 0 fully saturated rings. The lowest BCUT2D eigenvalue weighted by molar-refractivity contribution is 0.0980. The average molecular weight is 258 g/mol. The Kier molecular flexibility index (Phi) is 3.55. The molecule has 1 heterocycles. The first-order valence-corrected chi connectivity index (χ1v) is 6.20. The Balaban J connectivity index is 2.37. The highest BCUT2D eigenvalue weighted by Crippen LogP contribution is 2.20. The largest absolute Gasteiger partial charge is 0.396 e. The van der Waals surface area contributed by atoms with Gasteiger partial charge in [-0.05, 0) is 26.0 Å². The van der Waals surface area contributed by atoms with E-state index in [4.69, 9.17) is 5.73 Å². The van der Waals surface area contributed by atoms with Crippen LogP contribution in [-0.2, 0) is 7.05 Å². The third-order valence-electron chi connectivity index (χ3n) is 3.08. The molecule has 0 bridgehead atoms. The van der Waals surface area contributed by atoms with Gasteiger partial charge in [0.15, 0.2) is 0 Å². The predicted molar refractivity (Wildman–Crippen MR) is 76.1 cm³/mol.